The van der Waals surface area contributed by atoms with Gasteiger partial charge in [0.1, 0.15) is 17.3 Å². The summed E-state index contributed by atoms with van der Waals surface area (Å²) >= 11 is 0. The van der Waals surface area contributed by atoms with Crippen molar-refractivity contribution in [3.63, 3.8) is 0 Å². The van der Waals surface area contributed by atoms with Gasteiger partial charge in [0.25, 0.3) is 5.91 Å². The summed E-state index contributed by atoms with van der Waals surface area (Å²) in [4.78, 5) is 25.2. The lowest BCUT2D eigenvalue weighted by Gasteiger charge is -2.28. The van der Waals surface area contributed by atoms with Crippen molar-refractivity contribution in [3.8, 4) is 0 Å². The average Bonchev–Trinajstić information content (AvgIpc) is 3.01. The van der Waals surface area contributed by atoms with Crippen LogP contribution in [0.2, 0.25) is 0 Å². The molecule has 1 aromatic heterocycles. The summed E-state index contributed by atoms with van der Waals surface area (Å²) in [6, 6.07) is 1.82. The first-order valence-electron chi connectivity index (χ1n) is 7.22. The van der Waals surface area contributed by atoms with E-state index in [4.69, 9.17) is 4.74 Å². The highest BCUT2D eigenvalue weighted by molar-refractivity contribution is 5.93. The molecule has 2 fully saturated rings. The van der Waals surface area contributed by atoms with Crippen molar-refractivity contribution in [1.82, 2.24) is 14.9 Å². The van der Waals surface area contributed by atoms with Gasteiger partial charge in [0.15, 0.2) is 0 Å². The normalized spacial score (nSPS) is 19.4. The van der Waals surface area contributed by atoms with Crippen LogP contribution in [0.5, 0.6) is 0 Å². The molecule has 0 spiro atoms. The molecule has 6 heteroatoms. The van der Waals surface area contributed by atoms with Gasteiger partial charge in [0.05, 0.1) is 13.2 Å². The number of amides is 1. The first-order chi connectivity index (χ1) is 9.74. The Morgan fingerprint density at radius 3 is 2.55 bits per heavy atom. The Kier molecular flexibility index (Phi) is 3.82. The van der Waals surface area contributed by atoms with Gasteiger partial charge < -0.3 is 14.5 Å². The number of morpholine rings is 1. The van der Waals surface area contributed by atoms with Crippen LogP contribution in [-0.4, -0.2) is 60.2 Å². The van der Waals surface area contributed by atoms with E-state index in [9.17, 15) is 4.79 Å². The lowest BCUT2D eigenvalue weighted by Crippen LogP contribution is -2.37. The third-order valence-electron chi connectivity index (χ3n) is 3.77. The van der Waals surface area contributed by atoms with Crippen molar-refractivity contribution in [2.45, 2.75) is 19.8 Å². The molecule has 0 unspecified atom stereocenters. The number of hydrogen-bond donors (Lipinski definition) is 0. The van der Waals surface area contributed by atoms with Crippen LogP contribution in [0.3, 0.4) is 0 Å². The number of carbonyl (C=O) groups is 1. The zero-order valence-corrected chi connectivity index (χ0v) is 11.8. The second-order valence-corrected chi connectivity index (χ2v) is 5.26. The molecule has 0 radical (unpaired) electrons. The van der Waals surface area contributed by atoms with Crippen LogP contribution in [0.15, 0.2) is 6.07 Å². The highest BCUT2D eigenvalue weighted by atomic mass is 16.5. The molecule has 0 atom stereocenters. The zero-order chi connectivity index (χ0) is 13.9. The molecule has 108 valence electrons. The van der Waals surface area contributed by atoms with E-state index in [0.717, 1.165) is 44.8 Å². The second-order valence-electron chi connectivity index (χ2n) is 5.26. The first kappa shape index (κ1) is 13.3. The molecular weight excluding hydrogens is 256 g/mol. The van der Waals surface area contributed by atoms with Gasteiger partial charge in [-0.1, -0.05) is 0 Å². The summed E-state index contributed by atoms with van der Waals surface area (Å²) in [6.07, 6.45) is 2.18. The van der Waals surface area contributed by atoms with Gasteiger partial charge in [-0.25, -0.2) is 9.97 Å². The molecule has 2 saturated heterocycles. The molecular formula is C14H20N4O2. The molecule has 0 saturated carbocycles. The topological polar surface area (TPSA) is 58.6 Å². The molecule has 0 aromatic carbocycles. The van der Waals surface area contributed by atoms with Gasteiger partial charge in [0.2, 0.25) is 0 Å². The second kappa shape index (κ2) is 5.75. The Bertz CT molecular complexity index is 494. The molecule has 2 aliphatic rings. The van der Waals surface area contributed by atoms with Crippen LogP contribution in [0.4, 0.5) is 5.82 Å². The maximum atomic E-state index is 12.4. The standard InChI is InChI=1S/C14H20N4O2/c1-11-15-12(14(19)18-4-2-3-5-18)10-13(16-11)17-6-8-20-9-7-17/h10H,2-9H2,1H3. The fraction of sp³-hybridized carbons (Fsp3) is 0.643. The van der Waals surface area contributed by atoms with E-state index in [2.05, 4.69) is 14.9 Å². The van der Waals surface area contributed by atoms with E-state index >= 15 is 0 Å². The third-order valence-corrected chi connectivity index (χ3v) is 3.77. The molecule has 1 aromatic rings. The molecule has 0 N–H and O–H groups in total. The fourth-order valence-corrected chi connectivity index (χ4v) is 2.70. The Morgan fingerprint density at radius 2 is 1.85 bits per heavy atom. The number of hydrogen-bond acceptors (Lipinski definition) is 5. The van der Waals surface area contributed by atoms with Crippen molar-refractivity contribution < 1.29 is 9.53 Å². The van der Waals surface area contributed by atoms with Crippen LogP contribution >= 0.6 is 0 Å². The number of nitrogens with zero attached hydrogens (tertiary/aromatic N) is 4. The number of aryl methyl sites for hydroxylation is 1. The summed E-state index contributed by atoms with van der Waals surface area (Å²) in [5.41, 5.74) is 0.515. The van der Waals surface area contributed by atoms with Gasteiger partial charge in [-0.2, -0.15) is 0 Å². The highest BCUT2D eigenvalue weighted by Crippen LogP contribution is 2.17. The number of aromatic nitrogens is 2. The van der Waals surface area contributed by atoms with E-state index in [1.54, 1.807) is 0 Å². The van der Waals surface area contributed by atoms with Gasteiger partial charge in [-0.05, 0) is 19.8 Å². The van der Waals surface area contributed by atoms with Crippen LogP contribution in [-0.2, 0) is 4.74 Å². The molecule has 6 nitrogen and oxygen atoms in total. The van der Waals surface area contributed by atoms with Gasteiger partial charge >= 0.3 is 0 Å². The monoisotopic (exact) mass is 276 g/mol. The summed E-state index contributed by atoms with van der Waals surface area (Å²) < 4.78 is 5.35. The van der Waals surface area contributed by atoms with Crippen molar-refractivity contribution in [2.24, 2.45) is 0 Å². The minimum atomic E-state index is 0.0301. The summed E-state index contributed by atoms with van der Waals surface area (Å²) in [6.45, 7) is 6.56. The average molecular weight is 276 g/mol. The van der Waals surface area contributed by atoms with E-state index in [-0.39, 0.29) is 5.91 Å². The Balaban J connectivity index is 1.83. The predicted octanol–water partition coefficient (Wildman–Crippen LogP) is 0.858. The van der Waals surface area contributed by atoms with Crippen molar-refractivity contribution in [2.75, 3.05) is 44.3 Å². The van der Waals surface area contributed by atoms with E-state index in [0.29, 0.717) is 24.7 Å². The third kappa shape index (κ3) is 2.75. The van der Waals surface area contributed by atoms with Gasteiger partial charge in [-0.15, -0.1) is 0 Å². The number of rotatable bonds is 2. The Hall–Kier alpha value is -1.69. The number of likely N-dealkylation sites (tertiary alicyclic amines) is 1. The number of ether oxygens (including phenoxy) is 1. The zero-order valence-electron chi connectivity index (χ0n) is 11.8. The van der Waals surface area contributed by atoms with Gasteiger partial charge in [0, 0.05) is 32.2 Å². The molecule has 0 aliphatic carbocycles. The smallest absolute Gasteiger partial charge is 0.272 e. The molecule has 3 heterocycles. The van der Waals surface area contributed by atoms with Crippen molar-refractivity contribution in [1.29, 1.82) is 0 Å². The van der Waals surface area contributed by atoms with Crippen LogP contribution in [0.1, 0.15) is 29.2 Å². The number of carbonyl (C=O) groups excluding carboxylic acids is 1. The SMILES string of the molecule is Cc1nc(C(=O)N2CCCC2)cc(N2CCOCC2)n1. The molecule has 0 bridgehead atoms. The Morgan fingerprint density at radius 1 is 1.15 bits per heavy atom. The highest BCUT2D eigenvalue weighted by Gasteiger charge is 2.22. The maximum absolute atomic E-state index is 12.4. The first-order valence-corrected chi connectivity index (χ1v) is 7.22. The molecule has 2 aliphatic heterocycles. The van der Waals surface area contributed by atoms with E-state index in [1.807, 2.05) is 17.9 Å². The summed E-state index contributed by atoms with van der Waals surface area (Å²) in [5.74, 6) is 1.52. The fourth-order valence-electron chi connectivity index (χ4n) is 2.70. The van der Waals surface area contributed by atoms with Gasteiger partial charge in [-0.3, -0.25) is 4.79 Å². The lowest BCUT2D eigenvalue weighted by molar-refractivity contribution is 0.0786. The molecule has 1 amide bonds. The van der Waals surface area contributed by atoms with E-state index < -0.39 is 0 Å². The maximum Gasteiger partial charge on any atom is 0.272 e. The summed E-state index contributed by atoms with van der Waals surface area (Å²) in [7, 11) is 0. The minimum absolute atomic E-state index is 0.0301. The van der Waals surface area contributed by atoms with Crippen molar-refractivity contribution in [3.05, 3.63) is 17.6 Å². The lowest BCUT2D eigenvalue weighted by atomic mass is 10.3. The predicted molar refractivity (Wildman–Crippen MR) is 74.9 cm³/mol. The summed E-state index contributed by atoms with van der Waals surface area (Å²) in [5, 5.41) is 0. The molecule has 20 heavy (non-hydrogen) atoms. The van der Waals surface area contributed by atoms with Crippen molar-refractivity contribution >= 4 is 11.7 Å². The van der Waals surface area contributed by atoms with Crippen LogP contribution in [0, 0.1) is 6.92 Å². The quantitative estimate of drug-likeness (QED) is 0.802. The number of anilines is 1. The van der Waals surface area contributed by atoms with E-state index in [1.165, 1.54) is 0 Å². The van der Waals surface area contributed by atoms with Crippen LogP contribution < -0.4 is 4.90 Å². The Labute approximate surface area is 118 Å². The largest absolute Gasteiger partial charge is 0.378 e. The van der Waals surface area contributed by atoms with Crippen LogP contribution in [0.25, 0.3) is 0 Å². The minimum Gasteiger partial charge on any atom is -0.378 e. The molecule has 3 rings (SSSR count).